The molecule has 1 aliphatic carbocycles. The summed E-state index contributed by atoms with van der Waals surface area (Å²) >= 11 is 0. The molecule has 0 unspecified atom stereocenters. The van der Waals surface area contributed by atoms with E-state index in [9.17, 15) is 5.11 Å². The van der Waals surface area contributed by atoms with Crippen molar-refractivity contribution in [1.82, 2.24) is 4.98 Å². The molecule has 0 radical (unpaired) electrons. The van der Waals surface area contributed by atoms with Gasteiger partial charge in [0.1, 0.15) is 5.52 Å². The maximum absolute atomic E-state index is 9.79. The largest absolute Gasteiger partial charge is 0.396 e. The van der Waals surface area contributed by atoms with Crippen LogP contribution in [0.1, 0.15) is 25.0 Å². The molecule has 0 bridgehead atoms. The first kappa shape index (κ1) is 13.6. The van der Waals surface area contributed by atoms with E-state index >= 15 is 0 Å². The molecule has 1 saturated carbocycles. The number of H-pyrrole nitrogens is 1. The predicted molar refractivity (Wildman–Crippen MR) is 91.1 cm³/mol. The van der Waals surface area contributed by atoms with Gasteiger partial charge in [-0.2, -0.15) is 0 Å². The SMILES string of the molecule is OC[C@H]1CCC[C@H]2C[n+]3ccc4c([nH]c5ccccc54)c3C[C@H]12. The highest BCUT2D eigenvalue weighted by Crippen LogP contribution is 2.40. The fraction of sp³-hybridized carbons (Fsp3) is 0.450. The summed E-state index contributed by atoms with van der Waals surface area (Å²) in [7, 11) is 0. The molecule has 3 aromatic rings. The zero-order valence-electron chi connectivity index (χ0n) is 13.3. The van der Waals surface area contributed by atoms with Gasteiger partial charge in [-0.1, -0.05) is 24.6 Å². The van der Waals surface area contributed by atoms with E-state index in [2.05, 4.69) is 46.1 Å². The molecule has 2 aromatic heterocycles. The number of benzene rings is 1. The summed E-state index contributed by atoms with van der Waals surface area (Å²) in [6.45, 7) is 1.46. The van der Waals surface area contributed by atoms with Crippen LogP contribution in [0, 0.1) is 17.8 Å². The first-order chi connectivity index (χ1) is 11.3. The molecule has 1 aliphatic heterocycles. The van der Waals surface area contributed by atoms with E-state index in [1.807, 2.05) is 0 Å². The van der Waals surface area contributed by atoms with E-state index in [-0.39, 0.29) is 0 Å². The fourth-order valence-electron chi connectivity index (χ4n) is 5.07. The number of rotatable bonds is 1. The smallest absolute Gasteiger partial charge is 0.205 e. The summed E-state index contributed by atoms with van der Waals surface area (Å²) in [6, 6.07) is 10.8. The predicted octanol–water partition coefficient (Wildman–Crippen LogP) is 3.19. The Morgan fingerprint density at radius 3 is 2.96 bits per heavy atom. The van der Waals surface area contributed by atoms with Crippen molar-refractivity contribution < 1.29 is 9.67 Å². The van der Waals surface area contributed by atoms with Crippen LogP contribution < -0.4 is 4.57 Å². The number of fused-ring (bicyclic) bond motifs is 6. The van der Waals surface area contributed by atoms with Crippen molar-refractivity contribution in [2.24, 2.45) is 17.8 Å². The summed E-state index contributed by atoms with van der Waals surface area (Å²) in [5, 5.41) is 12.4. The molecule has 23 heavy (non-hydrogen) atoms. The number of pyridine rings is 1. The monoisotopic (exact) mass is 307 g/mol. The van der Waals surface area contributed by atoms with Crippen LogP contribution in [0.3, 0.4) is 0 Å². The Hall–Kier alpha value is -1.87. The fourth-order valence-corrected chi connectivity index (χ4v) is 5.07. The maximum Gasteiger partial charge on any atom is 0.205 e. The van der Waals surface area contributed by atoms with Crippen molar-refractivity contribution in [2.45, 2.75) is 32.2 Å². The van der Waals surface area contributed by atoms with Crippen molar-refractivity contribution in [3.05, 3.63) is 42.2 Å². The lowest BCUT2D eigenvalue weighted by atomic mass is 9.68. The minimum absolute atomic E-state index is 0.351. The van der Waals surface area contributed by atoms with Gasteiger partial charge in [-0.3, -0.25) is 0 Å². The van der Waals surface area contributed by atoms with Crippen molar-refractivity contribution in [1.29, 1.82) is 0 Å². The number of para-hydroxylation sites is 1. The zero-order chi connectivity index (χ0) is 15.4. The third kappa shape index (κ3) is 1.96. The first-order valence-corrected chi connectivity index (χ1v) is 8.88. The molecule has 0 spiro atoms. The van der Waals surface area contributed by atoms with Crippen LogP contribution in [-0.4, -0.2) is 16.7 Å². The van der Waals surface area contributed by atoms with Gasteiger partial charge in [0.05, 0.1) is 0 Å². The van der Waals surface area contributed by atoms with Gasteiger partial charge in [0.2, 0.25) is 5.69 Å². The van der Waals surface area contributed by atoms with Gasteiger partial charge >= 0.3 is 0 Å². The Morgan fingerprint density at radius 2 is 2.04 bits per heavy atom. The summed E-state index contributed by atoms with van der Waals surface area (Å²) in [6.07, 6.45) is 7.16. The maximum atomic E-state index is 9.79. The van der Waals surface area contributed by atoms with E-state index in [1.54, 1.807) is 0 Å². The van der Waals surface area contributed by atoms with Crippen LogP contribution in [0.25, 0.3) is 21.8 Å². The van der Waals surface area contributed by atoms with Gasteiger partial charge < -0.3 is 10.1 Å². The first-order valence-electron chi connectivity index (χ1n) is 8.88. The van der Waals surface area contributed by atoms with Crippen LogP contribution in [0.15, 0.2) is 36.5 Å². The Balaban J connectivity index is 1.69. The highest BCUT2D eigenvalue weighted by atomic mass is 16.3. The average Bonchev–Trinajstić information content (AvgIpc) is 2.98. The number of aliphatic hydroxyl groups is 1. The van der Waals surface area contributed by atoms with Gasteiger partial charge in [-0.25, -0.2) is 4.57 Å². The molecule has 5 rings (SSSR count). The van der Waals surface area contributed by atoms with E-state index in [0.29, 0.717) is 18.4 Å². The minimum atomic E-state index is 0.351. The quantitative estimate of drug-likeness (QED) is 0.666. The third-order valence-electron chi connectivity index (χ3n) is 6.26. The Labute approximate surface area is 136 Å². The molecule has 3 heterocycles. The summed E-state index contributed by atoms with van der Waals surface area (Å²) in [5.74, 6) is 1.87. The van der Waals surface area contributed by atoms with Crippen LogP contribution in [-0.2, 0) is 13.0 Å². The van der Waals surface area contributed by atoms with Crippen molar-refractivity contribution in [2.75, 3.05) is 6.61 Å². The highest BCUT2D eigenvalue weighted by molar-refractivity contribution is 6.07. The molecule has 3 heteroatoms. The number of aromatic nitrogens is 2. The second-order valence-electron chi connectivity index (χ2n) is 7.38. The summed E-state index contributed by atoms with van der Waals surface area (Å²) in [5.41, 5.74) is 3.95. The minimum Gasteiger partial charge on any atom is -0.396 e. The standard InChI is InChI=1S/C20H22N2O/c23-12-14-5-3-4-13-11-22-9-8-16-15-6-1-2-7-18(15)21-20(16)19(22)10-17(13)14/h1-2,6-9,13-14,17,23H,3-5,10-12H2/p+1/t13-,14+,17-/m0/s1. The van der Waals surface area contributed by atoms with Crippen LogP contribution in [0.2, 0.25) is 0 Å². The van der Waals surface area contributed by atoms with Crippen molar-refractivity contribution in [3.8, 4) is 0 Å². The molecular formula is C20H23N2O+. The zero-order valence-corrected chi connectivity index (χ0v) is 13.3. The topological polar surface area (TPSA) is 39.9 Å². The Kier molecular flexibility index (Phi) is 2.99. The lowest BCUT2D eigenvalue weighted by molar-refractivity contribution is -0.718. The molecule has 1 fully saturated rings. The normalized spacial score (nSPS) is 27.1. The Bertz CT molecular complexity index is 882. The molecule has 0 saturated heterocycles. The number of hydrogen-bond acceptors (Lipinski definition) is 1. The van der Waals surface area contributed by atoms with E-state index in [0.717, 1.165) is 18.9 Å². The number of nitrogens with zero attached hydrogens (tertiary/aromatic N) is 1. The highest BCUT2D eigenvalue weighted by Gasteiger charge is 2.41. The van der Waals surface area contributed by atoms with E-state index in [1.165, 1.54) is 46.8 Å². The van der Waals surface area contributed by atoms with E-state index in [4.69, 9.17) is 0 Å². The molecule has 3 atom stereocenters. The molecule has 0 amide bonds. The number of aromatic amines is 1. The van der Waals surface area contributed by atoms with Gasteiger partial charge in [-0.15, -0.1) is 0 Å². The van der Waals surface area contributed by atoms with Crippen LogP contribution in [0.5, 0.6) is 0 Å². The van der Waals surface area contributed by atoms with Crippen LogP contribution in [0.4, 0.5) is 0 Å². The molecule has 2 N–H and O–H groups in total. The Morgan fingerprint density at radius 1 is 1.13 bits per heavy atom. The molecule has 118 valence electrons. The third-order valence-corrected chi connectivity index (χ3v) is 6.26. The molecule has 1 aromatic carbocycles. The summed E-state index contributed by atoms with van der Waals surface area (Å²) < 4.78 is 2.46. The lowest BCUT2D eigenvalue weighted by Gasteiger charge is -2.38. The van der Waals surface area contributed by atoms with Crippen LogP contribution >= 0.6 is 0 Å². The number of hydrogen-bond donors (Lipinski definition) is 2. The lowest BCUT2D eigenvalue weighted by Crippen LogP contribution is -2.51. The van der Waals surface area contributed by atoms with Gasteiger partial charge in [0.15, 0.2) is 12.7 Å². The molecular weight excluding hydrogens is 284 g/mol. The molecule has 3 nitrogen and oxygen atoms in total. The van der Waals surface area contributed by atoms with Crippen molar-refractivity contribution >= 4 is 21.8 Å². The summed E-state index contributed by atoms with van der Waals surface area (Å²) in [4.78, 5) is 3.65. The van der Waals surface area contributed by atoms with E-state index < -0.39 is 0 Å². The van der Waals surface area contributed by atoms with Gasteiger partial charge in [0.25, 0.3) is 0 Å². The number of nitrogens with one attached hydrogen (secondary N) is 1. The second-order valence-corrected chi connectivity index (χ2v) is 7.38. The average molecular weight is 307 g/mol. The number of aliphatic hydroxyl groups excluding tert-OH is 1. The van der Waals surface area contributed by atoms with Gasteiger partial charge in [-0.05, 0) is 30.7 Å². The van der Waals surface area contributed by atoms with Crippen molar-refractivity contribution in [3.63, 3.8) is 0 Å². The molecule has 2 aliphatic rings. The second kappa shape index (κ2) is 5.07. The van der Waals surface area contributed by atoms with Gasteiger partial charge in [0, 0.05) is 41.3 Å².